The number of carbonyl (C=O) groups excluding carboxylic acids is 2. The number of esters is 1. The molecule has 75 heavy (non-hydrogen) atoms. The number of hydrogen-bond acceptors (Lipinski definition) is 14. The molecule has 3 heterocycles. The van der Waals surface area contributed by atoms with Crippen LogP contribution in [0.1, 0.15) is 86.5 Å². The van der Waals surface area contributed by atoms with Gasteiger partial charge in [-0.3, -0.25) is 0 Å². The van der Waals surface area contributed by atoms with Crippen molar-refractivity contribution in [3.63, 3.8) is 0 Å². The predicted molar refractivity (Wildman–Crippen MR) is 279 cm³/mol. The Hall–Kier alpha value is -5.95. The molecule has 9 atom stereocenters. The van der Waals surface area contributed by atoms with E-state index in [0.717, 1.165) is 33.4 Å². The second-order valence-corrected chi connectivity index (χ2v) is 26.0. The number of nitrogens with zero attached hydrogens (tertiary/aromatic N) is 3. The van der Waals surface area contributed by atoms with Crippen molar-refractivity contribution >= 4 is 20.7 Å². The topological polar surface area (TPSA) is 184 Å². The Labute approximate surface area is 439 Å². The maximum atomic E-state index is 14.4. The van der Waals surface area contributed by atoms with Gasteiger partial charge in [0.05, 0.1) is 38.6 Å². The molecule has 5 aromatic rings. The molecule has 0 radical (unpaired) electrons. The molecule has 0 amide bonds. The monoisotopic (exact) mass is 1040 g/mol. The van der Waals surface area contributed by atoms with E-state index in [4.69, 9.17) is 57.0 Å². The molecule has 9 rings (SSSR count). The van der Waals surface area contributed by atoms with E-state index in [-0.39, 0.29) is 67.7 Å². The van der Waals surface area contributed by atoms with Gasteiger partial charge >= 0.3 is 20.7 Å². The van der Waals surface area contributed by atoms with E-state index < -0.39 is 76.0 Å². The number of rotatable bonds is 19. The van der Waals surface area contributed by atoms with Gasteiger partial charge < -0.3 is 51.5 Å². The van der Waals surface area contributed by atoms with Crippen molar-refractivity contribution in [3.8, 4) is 11.1 Å². The van der Waals surface area contributed by atoms with E-state index >= 15 is 0 Å². The summed E-state index contributed by atoms with van der Waals surface area (Å²) in [5.41, 5.74) is 15.2. The van der Waals surface area contributed by atoms with E-state index in [0.29, 0.717) is 6.42 Å². The molecule has 3 saturated heterocycles. The highest BCUT2D eigenvalue weighted by molar-refractivity contribution is 6.73. The van der Waals surface area contributed by atoms with Gasteiger partial charge in [-0.05, 0) is 57.5 Å². The van der Waals surface area contributed by atoms with Crippen LogP contribution >= 0.6 is 0 Å². The average molecular weight is 1040 g/mol. The van der Waals surface area contributed by atoms with Crippen molar-refractivity contribution < 1.29 is 61.1 Å². The number of azide groups is 1. The van der Waals surface area contributed by atoms with Crippen LogP contribution in [0, 0.1) is 0 Å². The van der Waals surface area contributed by atoms with Crippen molar-refractivity contribution in [1.82, 2.24) is 0 Å². The Morgan fingerprint density at radius 3 is 1.80 bits per heavy atom. The summed E-state index contributed by atoms with van der Waals surface area (Å²) in [5.74, 6) is -0.997. The minimum Gasteiger partial charge on any atom is -0.449 e. The fraction of sp³-hybridized carbons (Fsp3) is 0.448. The van der Waals surface area contributed by atoms with Crippen LogP contribution < -0.4 is 0 Å². The van der Waals surface area contributed by atoms with Crippen molar-refractivity contribution in [2.45, 2.75) is 132 Å². The Bertz CT molecular complexity index is 2680. The lowest BCUT2D eigenvalue weighted by Gasteiger charge is -2.53. The van der Waals surface area contributed by atoms with Crippen molar-refractivity contribution in [1.29, 1.82) is 0 Å². The normalized spacial score (nSPS) is 25.0. The molecule has 0 bridgehead atoms. The van der Waals surface area contributed by atoms with E-state index in [1.54, 1.807) is 30.3 Å². The molecular formula is C58H67N3O13Si. The zero-order chi connectivity index (χ0) is 52.6. The van der Waals surface area contributed by atoms with Gasteiger partial charge in [0.1, 0.15) is 37.1 Å². The first-order valence-electron chi connectivity index (χ1n) is 25.7. The van der Waals surface area contributed by atoms with Crippen LogP contribution in [0.3, 0.4) is 0 Å². The van der Waals surface area contributed by atoms with Crippen LogP contribution in [0.15, 0.2) is 145 Å². The molecule has 17 heteroatoms. The van der Waals surface area contributed by atoms with Crippen molar-refractivity contribution in [2.75, 3.05) is 33.0 Å². The Morgan fingerprint density at radius 2 is 1.20 bits per heavy atom. The minimum atomic E-state index is -3.02. The highest BCUT2D eigenvalue weighted by atomic mass is 28.4. The molecule has 0 N–H and O–H groups in total. The van der Waals surface area contributed by atoms with Crippen LogP contribution in [0.5, 0.6) is 0 Å². The average Bonchev–Trinajstić information content (AvgIpc) is 3.93. The molecule has 4 aliphatic rings. The van der Waals surface area contributed by atoms with E-state index in [2.05, 4.69) is 63.7 Å². The van der Waals surface area contributed by atoms with Gasteiger partial charge in [0.2, 0.25) is 0 Å². The predicted octanol–water partition coefficient (Wildman–Crippen LogP) is 11.4. The fourth-order valence-corrected chi connectivity index (χ4v) is 15.8. The maximum absolute atomic E-state index is 14.4. The molecule has 0 unspecified atom stereocenters. The Morgan fingerprint density at radius 1 is 0.640 bits per heavy atom. The molecule has 16 nitrogen and oxygen atoms in total. The minimum absolute atomic E-state index is 0.0128. The summed E-state index contributed by atoms with van der Waals surface area (Å²) >= 11 is 0. The SMILES string of the molecule is CC(C)(C)[Si]1(C(C)(C)C)OC[C@@H]2O[C@@H](OC[C@H]3O[C@@H](OCCCN=[N+]=[N-])[C@H](OC(=O)c4ccccc4)[C@@H](OC(=O)OCC4c5ccccc5-c5ccccc54)[C@H]3OCc3ccccc3)[C@H](OCc3ccccc3)[C@H]2O1. The summed E-state index contributed by atoms with van der Waals surface area (Å²) in [6.45, 7) is 13.4. The molecule has 396 valence electrons. The van der Waals surface area contributed by atoms with Gasteiger partial charge in [0, 0.05) is 27.5 Å². The van der Waals surface area contributed by atoms with Gasteiger partial charge in [-0.25, -0.2) is 9.59 Å². The van der Waals surface area contributed by atoms with Crippen LogP contribution in [-0.2, 0) is 64.7 Å². The maximum Gasteiger partial charge on any atom is 0.508 e. The van der Waals surface area contributed by atoms with Crippen LogP contribution in [0.4, 0.5) is 4.79 Å². The zero-order valence-electron chi connectivity index (χ0n) is 43.4. The summed E-state index contributed by atoms with van der Waals surface area (Å²) < 4.78 is 73.1. The summed E-state index contributed by atoms with van der Waals surface area (Å²) in [7, 11) is -3.02. The number of hydrogen-bond donors (Lipinski definition) is 0. The fourth-order valence-electron chi connectivity index (χ4n) is 10.8. The lowest BCUT2D eigenvalue weighted by atomic mass is 9.97. The Balaban J connectivity index is 1.05. The second kappa shape index (κ2) is 23.9. The smallest absolute Gasteiger partial charge is 0.449 e. The third-order valence-electron chi connectivity index (χ3n) is 14.1. The van der Waals surface area contributed by atoms with Gasteiger partial charge in [-0.15, -0.1) is 0 Å². The summed E-state index contributed by atoms with van der Waals surface area (Å²) in [5, 5.41) is 3.02. The number of carbonyl (C=O) groups is 2. The molecule has 1 aliphatic carbocycles. The molecular weight excluding hydrogens is 975 g/mol. The third-order valence-corrected chi connectivity index (χ3v) is 19.3. The largest absolute Gasteiger partial charge is 0.508 e. The number of fused-ring (bicyclic) bond motifs is 4. The van der Waals surface area contributed by atoms with Gasteiger partial charge in [-0.2, -0.15) is 0 Å². The van der Waals surface area contributed by atoms with Gasteiger partial charge in [0.25, 0.3) is 0 Å². The highest BCUT2D eigenvalue weighted by Crippen LogP contribution is 2.56. The van der Waals surface area contributed by atoms with Crippen molar-refractivity contribution in [2.24, 2.45) is 5.11 Å². The molecule has 0 aromatic heterocycles. The molecule has 3 fully saturated rings. The number of benzene rings is 5. The molecule has 3 aliphatic heterocycles. The van der Waals surface area contributed by atoms with Gasteiger partial charge in [-0.1, -0.05) is 174 Å². The molecule has 5 aromatic carbocycles. The van der Waals surface area contributed by atoms with Crippen LogP contribution in [-0.4, -0.2) is 109 Å². The number of ether oxygens (including phenoxy) is 9. The summed E-state index contributed by atoms with van der Waals surface area (Å²) in [6, 6.07) is 43.8. The van der Waals surface area contributed by atoms with E-state index in [9.17, 15) is 9.59 Å². The van der Waals surface area contributed by atoms with E-state index in [1.807, 2.05) is 97.1 Å². The third kappa shape index (κ3) is 12.2. The van der Waals surface area contributed by atoms with Crippen LogP contribution in [0.25, 0.3) is 21.6 Å². The first-order chi connectivity index (χ1) is 36.2. The second-order valence-electron chi connectivity index (χ2n) is 21.2. The van der Waals surface area contributed by atoms with Gasteiger partial charge in [0.15, 0.2) is 24.8 Å². The van der Waals surface area contributed by atoms with Crippen LogP contribution in [0.2, 0.25) is 10.1 Å². The Kier molecular flexibility index (Phi) is 17.2. The standard InChI is InChI=1S/C58H67N3O13Si/c1-57(2,3)75(58(4,5)6)69-37-47-49(74-75)51(66-34-39-23-12-8-13-24-39)54(71-47)67-36-46-48(65-33-38-21-10-7-11-22-38)50(52(55(70-46)64-32-20-31-60-61-59)72-53(62)40-25-14-9-15-26-40)73-56(63)68-35-45-43-29-18-16-27-41(43)42-28-17-19-30-44(42)45/h7-19,21-30,45-52,54-55H,20,31-37H2,1-6H3/t46-,47+,48+,49+,50+,51-,52-,54-,55-/m1/s1. The highest BCUT2D eigenvalue weighted by Gasteiger charge is 2.65. The molecule has 0 saturated carbocycles. The summed E-state index contributed by atoms with van der Waals surface area (Å²) in [4.78, 5) is 31.4. The summed E-state index contributed by atoms with van der Waals surface area (Å²) in [6.07, 6.45) is -9.94. The first kappa shape index (κ1) is 53.9. The van der Waals surface area contributed by atoms with Crippen molar-refractivity contribution in [3.05, 3.63) is 178 Å². The first-order valence-corrected chi connectivity index (χ1v) is 27.5. The van der Waals surface area contributed by atoms with E-state index in [1.165, 1.54) is 0 Å². The lowest BCUT2D eigenvalue weighted by Crippen LogP contribution is -2.65. The lowest BCUT2D eigenvalue weighted by molar-refractivity contribution is -0.317. The molecule has 0 spiro atoms. The zero-order valence-corrected chi connectivity index (χ0v) is 44.4. The quantitative estimate of drug-likeness (QED) is 0.0190.